The quantitative estimate of drug-likeness (QED) is 0.575. The normalized spacial score (nSPS) is 22.4. The molecule has 0 atom stereocenters. The lowest BCUT2D eigenvalue weighted by molar-refractivity contribution is -0.306. The molecule has 2 aliphatic rings. The zero-order valence-corrected chi connectivity index (χ0v) is 20.4. The highest BCUT2D eigenvalue weighted by Crippen LogP contribution is 2.41. The molecule has 2 aromatic rings. The van der Waals surface area contributed by atoms with Gasteiger partial charge in [-0.1, -0.05) is 74.0 Å². The molecule has 2 aliphatic heterocycles. The Balaban J connectivity index is 1.34. The average Bonchev–Trinajstić information content (AvgIpc) is 2.72. The maximum atomic E-state index is 6.37. The van der Waals surface area contributed by atoms with E-state index >= 15 is 0 Å². The lowest BCUT2D eigenvalue weighted by atomic mass is 9.78. The highest BCUT2D eigenvalue weighted by atomic mass is 16.7. The second-order valence-corrected chi connectivity index (χ2v) is 11.0. The molecule has 3 heteroatoms. The molecular weight excluding hydrogens is 394 g/mol. The molecule has 172 valence electrons. The van der Waals surface area contributed by atoms with Gasteiger partial charge in [-0.05, 0) is 56.4 Å². The van der Waals surface area contributed by atoms with Gasteiger partial charge in [-0.15, -0.1) is 0 Å². The molecule has 0 aromatic heterocycles. The van der Waals surface area contributed by atoms with Crippen molar-refractivity contribution in [2.75, 3.05) is 13.2 Å². The van der Waals surface area contributed by atoms with Crippen LogP contribution in [0, 0.1) is 5.92 Å². The summed E-state index contributed by atoms with van der Waals surface area (Å²) in [5.74, 6) is -0.177. The Morgan fingerprint density at radius 1 is 0.844 bits per heavy atom. The molecule has 2 fully saturated rings. The first-order valence-electron chi connectivity index (χ1n) is 12.1. The van der Waals surface area contributed by atoms with E-state index < -0.39 is 5.79 Å². The average molecular weight is 434 g/mol. The highest BCUT2D eigenvalue weighted by Gasteiger charge is 2.50. The van der Waals surface area contributed by atoms with Crippen LogP contribution in [0.25, 0.3) is 17.2 Å². The second kappa shape index (κ2) is 9.13. The maximum absolute atomic E-state index is 6.37. The number of rotatable bonds is 5. The third-order valence-corrected chi connectivity index (χ3v) is 6.52. The van der Waals surface area contributed by atoms with Crippen LogP contribution in [0.1, 0.15) is 65.0 Å². The van der Waals surface area contributed by atoms with Crippen molar-refractivity contribution < 1.29 is 9.47 Å². The molecule has 0 unspecified atom stereocenters. The number of nitrogens with one attached hydrogen (secondary N) is 1. The summed E-state index contributed by atoms with van der Waals surface area (Å²) in [7, 11) is 0. The van der Waals surface area contributed by atoms with Gasteiger partial charge >= 0.3 is 0 Å². The zero-order valence-electron chi connectivity index (χ0n) is 20.4. The SMILES string of the molecule is CCCc1ccc(-c2ccc(/C=C/C3COC4(CC(C)(C)NC(C)(C)C4)OC3)cc2)cc1. The first-order valence-corrected chi connectivity index (χ1v) is 12.1. The van der Waals surface area contributed by atoms with Crippen LogP contribution < -0.4 is 5.32 Å². The lowest BCUT2D eigenvalue weighted by Crippen LogP contribution is -2.66. The molecule has 0 aliphatic carbocycles. The van der Waals surface area contributed by atoms with Gasteiger partial charge < -0.3 is 14.8 Å². The van der Waals surface area contributed by atoms with E-state index in [0.29, 0.717) is 13.2 Å². The van der Waals surface area contributed by atoms with E-state index in [-0.39, 0.29) is 17.0 Å². The topological polar surface area (TPSA) is 30.5 Å². The van der Waals surface area contributed by atoms with Gasteiger partial charge in [0.15, 0.2) is 5.79 Å². The van der Waals surface area contributed by atoms with Gasteiger partial charge in [0, 0.05) is 29.8 Å². The van der Waals surface area contributed by atoms with Crippen LogP contribution in [-0.4, -0.2) is 30.1 Å². The van der Waals surface area contributed by atoms with Crippen LogP contribution in [0.4, 0.5) is 0 Å². The summed E-state index contributed by atoms with van der Waals surface area (Å²) in [6.07, 6.45) is 8.51. The van der Waals surface area contributed by atoms with Gasteiger partial charge in [-0.25, -0.2) is 0 Å². The molecule has 4 rings (SSSR count). The van der Waals surface area contributed by atoms with E-state index in [1.807, 2.05) is 0 Å². The Morgan fingerprint density at radius 2 is 1.38 bits per heavy atom. The summed E-state index contributed by atoms with van der Waals surface area (Å²) in [6.45, 7) is 12.6. The summed E-state index contributed by atoms with van der Waals surface area (Å²) in [5, 5.41) is 3.71. The Hall–Kier alpha value is -1.94. The van der Waals surface area contributed by atoms with Gasteiger partial charge in [-0.2, -0.15) is 0 Å². The maximum Gasteiger partial charge on any atom is 0.171 e. The van der Waals surface area contributed by atoms with E-state index in [1.54, 1.807) is 0 Å². The molecule has 0 amide bonds. The number of piperidine rings is 1. The van der Waals surface area contributed by atoms with Crippen molar-refractivity contribution in [1.82, 2.24) is 5.32 Å². The van der Waals surface area contributed by atoms with E-state index in [2.05, 4.69) is 101 Å². The standard InChI is InChI=1S/C29H39NO2/c1-6-7-22-10-14-25(15-11-22)26-16-12-23(13-17-26)8-9-24-18-31-29(32-19-24)20-27(2,3)30-28(4,5)21-29/h8-17,24,30H,6-7,18-21H2,1-5H3/b9-8+. The second-order valence-electron chi connectivity index (χ2n) is 11.0. The smallest absolute Gasteiger partial charge is 0.171 e. The summed E-state index contributed by atoms with van der Waals surface area (Å²) < 4.78 is 12.7. The minimum absolute atomic E-state index is 0.00247. The van der Waals surface area contributed by atoms with Crippen LogP contribution in [-0.2, 0) is 15.9 Å². The molecule has 1 spiro atoms. The minimum Gasteiger partial charge on any atom is -0.349 e. The van der Waals surface area contributed by atoms with Gasteiger partial charge in [-0.3, -0.25) is 0 Å². The van der Waals surface area contributed by atoms with E-state index in [1.165, 1.54) is 28.7 Å². The highest BCUT2D eigenvalue weighted by molar-refractivity contribution is 5.66. The minimum atomic E-state index is -0.461. The van der Waals surface area contributed by atoms with E-state index in [0.717, 1.165) is 19.3 Å². The Bertz CT molecular complexity index is 899. The molecule has 32 heavy (non-hydrogen) atoms. The molecule has 0 bridgehead atoms. The third-order valence-electron chi connectivity index (χ3n) is 6.52. The molecule has 3 nitrogen and oxygen atoms in total. The summed E-state index contributed by atoms with van der Waals surface area (Å²) >= 11 is 0. The molecule has 0 saturated carbocycles. The Kier molecular flexibility index (Phi) is 6.63. The summed E-state index contributed by atoms with van der Waals surface area (Å²) in [4.78, 5) is 0. The molecule has 0 radical (unpaired) electrons. The first-order chi connectivity index (χ1) is 15.2. The summed E-state index contributed by atoms with van der Waals surface area (Å²) in [6, 6.07) is 17.7. The molecule has 2 saturated heterocycles. The van der Waals surface area contributed by atoms with Gasteiger partial charge in [0.1, 0.15) is 0 Å². The van der Waals surface area contributed by atoms with Crippen molar-refractivity contribution in [3.05, 3.63) is 65.7 Å². The van der Waals surface area contributed by atoms with Gasteiger partial charge in [0.05, 0.1) is 13.2 Å². The molecular formula is C29H39NO2. The largest absolute Gasteiger partial charge is 0.349 e. The number of hydrogen-bond acceptors (Lipinski definition) is 3. The van der Waals surface area contributed by atoms with Crippen molar-refractivity contribution in [1.29, 1.82) is 0 Å². The fraction of sp³-hybridized carbons (Fsp3) is 0.517. The van der Waals surface area contributed by atoms with Crippen molar-refractivity contribution in [3.8, 4) is 11.1 Å². The monoisotopic (exact) mass is 433 g/mol. The van der Waals surface area contributed by atoms with Crippen LogP contribution in [0.3, 0.4) is 0 Å². The van der Waals surface area contributed by atoms with Crippen molar-refractivity contribution in [2.45, 2.75) is 77.2 Å². The Morgan fingerprint density at radius 3 is 1.91 bits per heavy atom. The third kappa shape index (κ3) is 5.70. The lowest BCUT2D eigenvalue weighted by Gasteiger charge is -2.53. The summed E-state index contributed by atoms with van der Waals surface area (Å²) in [5.41, 5.74) is 5.15. The van der Waals surface area contributed by atoms with Crippen molar-refractivity contribution in [2.24, 2.45) is 5.92 Å². The van der Waals surface area contributed by atoms with Gasteiger partial charge in [0.25, 0.3) is 0 Å². The fourth-order valence-electron chi connectivity index (χ4n) is 5.52. The number of ether oxygens (including phenoxy) is 2. The van der Waals surface area contributed by atoms with Gasteiger partial charge in [0.2, 0.25) is 0 Å². The number of benzene rings is 2. The zero-order chi connectivity index (χ0) is 22.8. The van der Waals surface area contributed by atoms with Crippen molar-refractivity contribution >= 4 is 6.08 Å². The van der Waals surface area contributed by atoms with Crippen LogP contribution in [0.15, 0.2) is 54.6 Å². The molecule has 1 N–H and O–H groups in total. The predicted molar refractivity (Wildman–Crippen MR) is 134 cm³/mol. The molecule has 2 aromatic carbocycles. The van der Waals surface area contributed by atoms with Crippen molar-refractivity contribution in [3.63, 3.8) is 0 Å². The van der Waals surface area contributed by atoms with E-state index in [4.69, 9.17) is 9.47 Å². The number of aryl methyl sites for hydroxylation is 1. The Labute approximate surface area is 194 Å². The van der Waals surface area contributed by atoms with Crippen LogP contribution in [0.2, 0.25) is 0 Å². The predicted octanol–water partition coefficient (Wildman–Crippen LogP) is 6.62. The fourth-order valence-corrected chi connectivity index (χ4v) is 5.52. The number of hydrogen-bond donors (Lipinski definition) is 1. The van der Waals surface area contributed by atoms with Crippen LogP contribution >= 0.6 is 0 Å². The van der Waals surface area contributed by atoms with E-state index in [9.17, 15) is 0 Å². The first kappa shape index (κ1) is 23.2. The molecule has 2 heterocycles. The van der Waals surface area contributed by atoms with Crippen LogP contribution in [0.5, 0.6) is 0 Å².